The van der Waals surface area contributed by atoms with Gasteiger partial charge in [-0.3, -0.25) is 4.79 Å². The van der Waals surface area contributed by atoms with Crippen LogP contribution in [0.25, 0.3) is 11.1 Å². The third-order valence-corrected chi connectivity index (χ3v) is 5.82. The average Bonchev–Trinajstić information content (AvgIpc) is 3.14. The number of nitrogens with one attached hydrogen (secondary N) is 2. The summed E-state index contributed by atoms with van der Waals surface area (Å²) < 4.78 is 10.4. The minimum absolute atomic E-state index is 0.0795. The Morgan fingerprint density at radius 1 is 1.03 bits per heavy atom. The Labute approximate surface area is 193 Å². The van der Waals surface area contributed by atoms with Crippen molar-refractivity contribution in [3.05, 3.63) is 59.7 Å². The summed E-state index contributed by atoms with van der Waals surface area (Å²) in [6.07, 6.45) is 0.127. The standard InChI is InChI=1S/C25H30N2O6/c1-3-4-13-21(23(28)26-14-22(32-2)24(29)30)27-25(31)33-15-20-18-11-7-5-9-16(18)17-10-6-8-12-19(17)20/h5-12,20-22H,3-4,13-15H2,1-2H3,(H,26,28)(H,27,31)(H,29,30)/t21-,22?/m0/s1. The zero-order valence-corrected chi connectivity index (χ0v) is 18.9. The SMILES string of the molecule is CCCC[C@H](NC(=O)OCC1c2ccccc2-c2ccccc21)C(=O)NCC(OC)C(=O)O. The number of hydrogen-bond acceptors (Lipinski definition) is 5. The molecule has 1 aliphatic rings. The number of carboxylic acid groups (broad SMARTS) is 1. The summed E-state index contributed by atoms with van der Waals surface area (Å²) in [6.45, 7) is 1.93. The molecule has 33 heavy (non-hydrogen) atoms. The van der Waals surface area contributed by atoms with Crippen LogP contribution in [0.2, 0.25) is 0 Å². The van der Waals surface area contributed by atoms with Crippen LogP contribution in [0.1, 0.15) is 43.2 Å². The van der Waals surface area contributed by atoms with Gasteiger partial charge in [0.25, 0.3) is 0 Å². The summed E-state index contributed by atoms with van der Waals surface area (Å²) in [5.41, 5.74) is 4.47. The molecular formula is C25H30N2O6. The maximum atomic E-state index is 12.6. The highest BCUT2D eigenvalue weighted by molar-refractivity contribution is 5.86. The number of benzene rings is 2. The molecule has 1 unspecified atom stereocenters. The van der Waals surface area contributed by atoms with Gasteiger partial charge in [-0.15, -0.1) is 0 Å². The normalized spacial score (nSPS) is 14.0. The fourth-order valence-electron chi connectivity index (χ4n) is 4.05. The van der Waals surface area contributed by atoms with Crippen LogP contribution in [-0.4, -0.2) is 55.5 Å². The molecule has 2 atom stereocenters. The van der Waals surface area contributed by atoms with Crippen molar-refractivity contribution in [2.24, 2.45) is 0 Å². The Morgan fingerprint density at radius 2 is 1.64 bits per heavy atom. The van der Waals surface area contributed by atoms with Crippen LogP contribution in [0.15, 0.2) is 48.5 Å². The Hall–Kier alpha value is -3.39. The third-order valence-electron chi connectivity index (χ3n) is 5.82. The van der Waals surface area contributed by atoms with Gasteiger partial charge in [0.1, 0.15) is 12.6 Å². The number of amides is 2. The number of carbonyl (C=O) groups is 3. The second-order valence-corrected chi connectivity index (χ2v) is 7.97. The van der Waals surface area contributed by atoms with Crippen LogP contribution < -0.4 is 10.6 Å². The van der Waals surface area contributed by atoms with Crippen molar-refractivity contribution in [3.63, 3.8) is 0 Å². The number of carbonyl (C=O) groups excluding carboxylic acids is 2. The molecule has 0 fully saturated rings. The summed E-state index contributed by atoms with van der Waals surface area (Å²) in [5.74, 6) is -1.73. The van der Waals surface area contributed by atoms with Gasteiger partial charge in [-0.05, 0) is 28.7 Å². The van der Waals surface area contributed by atoms with Gasteiger partial charge in [-0.2, -0.15) is 0 Å². The molecule has 2 aromatic carbocycles. The van der Waals surface area contributed by atoms with Gasteiger partial charge >= 0.3 is 12.1 Å². The van der Waals surface area contributed by atoms with E-state index in [2.05, 4.69) is 22.8 Å². The van der Waals surface area contributed by atoms with Gasteiger partial charge in [-0.1, -0.05) is 68.3 Å². The van der Waals surface area contributed by atoms with Gasteiger partial charge in [0.05, 0.1) is 6.54 Å². The van der Waals surface area contributed by atoms with Crippen molar-refractivity contribution in [1.29, 1.82) is 0 Å². The summed E-state index contributed by atoms with van der Waals surface area (Å²) in [6, 6.07) is 15.3. The van der Waals surface area contributed by atoms with Gasteiger partial charge in [-0.25, -0.2) is 9.59 Å². The first-order chi connectivity index (χ1) is 16.0. The summed E-state index contributed by atoms with van der Waals surface area (Å²) in [4.78, 5) is 36.2. The van der Waals surface area contributed by atoms with Crippen molar-refractivity contribution >= 4 is 18.0 Å². The fourth-order valence-corrected chi connectivity index (χ4v) is 4.05. The smallest absolute Gasteiger partial charge is 0.407 e. The van der Waals surface area contributed by atoms with E-state index in [9.17, 15) is 14.4 Å². The number of unbranched alkanes of at least 4 members (excludes halogenated alkanes) is 1. The van der Waals surface area contributed by atoms with E-state index in [0.29, 0.717) is 12.8 Å². The molecule has 2 amide bonds. The van der Waals surface area contributed by atoms with E-state index in [4.69, 9.17) is 14.6 Å². The fraction of sp³-hybridized carbons (Fsp3) is 0.400. The number of carboxylic acids is 1. The lowest BCUT2D eigenvalue weighted by Gasteiger charge is -2.20. The maximum absolute atomic E-state index is 12.6. The first-order valence-electron chi connectivity index (χ1n) is 11.1. The number of hydrogen-bond donors (Lipinski definition) is 3. The van der Waals surface area contributed by atoms with Crippen LogP contribution in [0.4, 0.5) is 4.79 Å². The van der Waals surface area contributed by atoms with E-state index in [1.165, 1.54) is 7.11 Å². The van der Waals surface area contributed by atoms with E-state index in [0.717, 1.165) is 28.7 Å². The number of methoxy groups -OCH3 is 1. The summed E-state index contributed by atoms with van der Waals surface area (Å²) in [5, 5.41) is 14.2. The van der Waals surface area contributed by atoms with E-state index < -0.39 is 30.1 Å². The molecule has 3 N–H and O–H groups in total. The maximum Gasteiger partial charge on any atom is 0.407 e. The molecule has 1 aliphatic carbocycles. The number of rotatable bonds is 11. The highest BCUT2D eigenvalue weighted by atomic mass is 16.5. The second kappa shape index (κ2) is 11.5. The monoisotopic (exact) mass is 454 g/mol. The minimum Gasteiger partial charge on any atom is -0.479 e. The van der Waals surface area contributed by atoms with Gasteiger partial charge in [0.15, 0.2) is 6.10 Å². The van der Waals surface area contributed by atoms with E-state index >= 15 is 0 Å². The van der Waals surface area contributed by atoms with Crippen molar-refractivity contribution < 1.29 is 29.0 Å². The van der Waals surface area contributed by atoms with Crippen molar-refractivity contribution in [2.45, 2.75) is 44.2 Å². The van der Waals surface area contributed by atoms with Crippen LogP contribution >= 0.6 is 0 Å². The molecule has 0 saturated carbocycles. The topological polar surface area (TPSA) is 114 Å². The summed E-state index contributed by atoms with van der Waals surface area (Å²) in [7, 11) is 1.26. The van der Waals surface area contributed by atoms with Crippen LogP contribution in [0.5, 0.6) is 0 Å². The Balaban J connectivity index is 1.61. The molecule has 0 heterocycles. The number of ether oxygens (including phenoxy) is 2. The molecule has 0 saturated heterocycles. The van der Waals surface area contributed by atoms with Crippen LogP contribution in [0.3, 0.4) is 0 Å². The zero-order valence-electron chi connectivity index (χ0n) is 18.9. The van der Waals surface area contributed by atoms with E-state index in [-0.39, 0.29) is 19.1 Å². The van der Waals surface area contributed by atoms with Gasteiger partial charge in [0.2, 0.25) is 5.91 Å². The average molecular weight is 455 g/mol. The molecule has 176 valence electrons. The Bertz CT molecular complexity index is 947. The number of fused-ring (bicyclic) bond motifs is 3. The first kappa shape index (κ1) is 24.3. The third kappa shape index (κ3) is 5.90. The zero-order chi connectivity index (χ0) is 23.8. The Kier molecular flexibility index (Phi) is 8.43. The highest BCUT2D eigenvalue weighted by Crippen LogP contribution is 2.44. The van der Waals surface area contributed by atoms with Crippen LogP contribution in [0, 0.1) is 0 Å². The molecular weight excluding hydrogens is 424 g/mol. The van der Waals surface area contributed by atoms with Crippen molar-refractivity contribution in [1.82, 2.24) is 10.6 Å². The van der Waals surface area contributed by atoms with Crippen molar-refractivity contribution in [3.8, 4) is 11.1 Å². The largest absolute Gasteiger partial charge is 0.479 e. The van der Waals surface area contributed by atoms with Crippen LogP contribution in [-0.2, 0) is 19.1 Å². The molecule has 0 aromatic heterocycles. The Morgan fingerprint density at radius 3 is 2.18 bits per heavy atom. The lowest BCUT2D eigenvalue weighted by molar-refractivity contribution is -0.148. The second-order valence-electron chi connectivity index (χ2n) is 7.97. The molecule has 0 aliphatic heterocycles. The molecule has 3 rings (SSSR count). The molecule has 0 bridgehead atoms. The molecule has 0 spiro atoms. The molecule has 8 nitrogen and oxygen atoms in total. The van der Waals surface area contributed by atoms with E-state index in [1.807, 2.05) is 43.3 Å². The predicted octanol–water partition coefficient (Wildman–Crippen LogP) is 3.30. The van der Waals surface area contributed by atoms with Gasteiger partial charge in [0, 0.05) is 13.0 Å². The minimum atomic E-state index is -1.17. The molecule has 0 radical (unpaired) electrons. The molecule has 2 aromatic rings. The predicted molar refractivity (Wildman–Crippen MR) is 123 cm³/mol. The quantitative estimate of drug-likeness (QED) is 0.480. The first-order valence-corrected chi connectivity index (χ1v) is 11.1. The number of alkyl carbamates (subject to hydrolysis) is 1. The summed E-state index contributed by atoms with van der Waals surface area (Å²) >= 11 is 0. The number of aliphatic carboxylic acids is 1. The van der Waals surface area contributed by atoms with Gasteiger partial charge < -0.3 is 25.2 Å². The van der Waals surface area contributed by atoms with Crippen molar-refractivity contribution in [2.75, 3.05) is 20.3 Å². The lowest BCUT2D eigenvalue weighted by atomic mass is 9.98. The molecule has 8 heteroatoms. The van der Waals surface area contributed by atoms with E-state index in [1.54, 1.807) is 0 Å². The highest BCUT2D eigenvalue weighted by Gasteiger charge is 2.30. The lowest BCUT2D eigenvalue weighted by Crippen LogP contribution is -2.49.